The van der Waals surface area contributed by atoms with Crippen molar-refractivity contribution in [3.63, 3.8) is 0 Å². The topological polar surface area (TPSA) is 139 Å². The number of fused-ring (bicyclic) bond motifs is 1. The molecule has 1 saturated heterocycles. The van der Waals surface area contributed by atoms with Crippen molar-refractivity contribution in [1.82, 2.24) is 45.0 Å². The first-order valence-corrected chi connectivity index (χ1v) is 13.4. The van der Waals surface area contributed by atoms with Gasteiger partial charge in [-0.2, -0.15) is 15.3 Å². The summed E-state index contributed by atoms with van der Waals surface area (Å²) in [6.07, 6.45) is 5.18. The van der Waals surface area contributed by atoms with Gasteiger partial charge in [-0.25, -0.2) is 23.5 Å². The van der Waals surface area contributed by atoms with Crippen molar-refractivity contribution in [2.45, 2.75) is 38.8 Å². The van der Waals surface area contributed by atoms with Crippen LogP contribution in [0.1, 0.15) is 43.1 Å². The molecule has 12 nitrogen and oxygen atoms in total. The molecule has 6 rings (SSSR count). The van der Waals surface area contributed by atoms with Crippen molar-refractivity contribution < 1.29 is 9.18 Å². The lowest BCUT2D eigenvalue weighted by Gasteiger charge is -2.33. The van der Waals surface area contributed by atoms with Crippen LogP contribution in [0.5, 0.6) is 0 Å². The number of aryl methyl sites for hydroxylation is 1. The van der Waals surface area contributed by atoms with Gasteiger partial charge in [0, 0.05) is 36.4 Å². The van der Waals surface area contributed by atoms with Gasteiger partial charge in [-0.05, 0) is 44.4 Å². The van der Waals surface area contributed by atoms with Crippen LogP contribution in [0.2, 0.25) is 0 Å². The van der Waals surface area contributed by atoms with Crippen LogP contribution < -0.4 is 16.2 Å². The molecular weight excluding hydrogens is 527 g/mol. The highest BCUT2D eigenvalue weighted by atomic mass is 19.1. The van der Waals surface area contributed by atoms with Gasteiger partial charge in [0.05, 0.1) is 29.9 Å². The number of amides is 2. The predicted molar refractivity (Wildman–Crippen MR) is 151 cm³/mol. The molecule has 13 heteroatoms. The summed E-state index contributed by atoms with van der Waals surface area (Å²) in [5.41, 5.74) is 1.56. The van der Waals surface area contributed by atoms with Crippen LogP contribution in [-0.4, -0.2) is 58.8 Å². The summed E-state index contributed by atoms with van der Waals surface area (Å²) in [4.78, 5) is 32.5. The van der Waals surface area contributed by atoms with Crippen molar-refractivity contribution in [3.05, 3.63) is 88.5 Å². The summed E-state index contributed by atoms with van der Waals surface area (Å²) in [6, 6.07) is 12.2. The van der Waals surface area contributed by atoms with Gasteiger partial charge in [0.25, 0.3) is 5.56 Å². The number of rotatable bonds is 6. The molecule has 41 heavy (non-hydrogen) atoms. The zero-order chi connectivity index (χ0) is 28.5. The summed E-state index contributed by atoms with van der Waals surface area (Å²) in [6.45, 7) is 4.75. The Labute approximate surface area is 234 Å². The number of carbonyl (C=O) groups is 1. The number of urea groups is 1. The van der Waals surface area contributed by atoms with Gasteiger partial charge in [0.2, 0.25) is 0 Å². The molecule has 0 bridgehead atoms. The van der Waals surface area contributed by atoms with E-state index < -0.39 is 5.82 Å². The summed E-state index contributed by atoms with van der Waals surface area (Å²) in [7, 11) is 0. The van der Waals surface area contributed by atoms with E-state index in [1.54, 1.807) is 27.9 Å². The second kappa shape index (κ2) is 10.8. The van der Waals surface area contributed by atoms with Gasteiger partial charge in [-0.3, -0.25) is 9.89 Å². The Morgan fingerprint density at radius 2 is 1.90 bits per heavy atom. The number of hydrogen-bond donors (Lipinski definition) is 3. The average Bonchev–Trinajstić information content (AvgIpc) is 3.62. The van der Waals surface area contributed by atoms with E-state index in [-0.39, 0.29) is 23.7 Å². The molecule has 4 aromatic heterocycles. The van der Waals surface area contributed by atoms with E-state index >= 15 is 0 Å². The number of anilines is 2. The molecule has 3 N–H and O–H groups in total. The van der Waals surface area contributed by atoms with E-state index in [9.17, 15) is 14.0 Å². The van der Waals surface area contributed by atoms with Gasteiger partial charge in [-0.15, -0.1) is 0 Å². The minimum Gasteiger partial charge on any atom is -0.331 e. The molecule has 1 aliphatic rings. The Bertz CT molecular complexity index is 1750. The van der Waals surface area contributed by atoms with Crippen LogP contribution in [0.25, 0.3) is 16.6 Å². The van der Waals surface area contributed by atoms with Crippen LogP contribution in [0.15, 0.2) is 65.8 Å². The standard InChI is InChI=1S/C28H29FN10O2/c1-17-13-24(35-34-17)33-26-22-5-3-4-6-23(22)27(40)39(36-26)21-9-11-37(12-10-21)28(41)32-18(2)19-7-8-25(30-14-19)38-16-20(29)15-31-38/h3-8,13-16,18,21H,9-12H2,1-2H3,(H,32,41)(H2,33,34,35,36)/t18-/m0/s1. The van der Waals surface area contributed by atoms with Gasteiger partial charge >= 0.3 is 6.03 Å². The first-order chi connectivity index (χ1) is 19.9. The van der Waals surface area contributed by atoms with Crippen LogP contribution >= 0.6 is 0 Å². The highest BCUT2D eigenvalue weighted by Gasteiger charge is 2.27. The molecule has 1 atom stereocenters. The second-order valence-corrected chi connectivity index (χ2v) is 10.1. The van der Waals surface area contributed by atoms with Gasteiger partial charge in [0.15, 0.2) is 23.3 Å². The normalized spacial score (nSPS) is 14.8. The second-order valence-electron chi connectivity index (χ2n) is 10.1. The monoisotopic (exact) mass is 556 g/mol. The zero-order valence-electron chi connectivity index (χ0n) is 22.6. The molecule has 0 aliphatic carbocycles. The third-order valence-electron chi connectivity index (χ3n) is 7.27. The maximum absolute atomic E-state index is 13.4. The Morgan fingerprint density at radius 1 is 1.12 bits per heavy atom. The first kappa shape index (κ1) is 26.2. The minimum absolute atomic E-state index is 0.154. The highest BCUT2D eigenvalue weighted by molar-refractivity contribution is 5.92. The van der Waals surface area contributed by atoms with Crippen LogP contribution in [0.3, 0.4) is 0 Å². The Kier molecular flexibility index (Phi) is 6.91. The van der Waals surface area contributed by atoms with Crippen molar-refractivity contribution in [1.29, 1.82) is 0 Å². The fraction of sp³-hybridized carbons (Fsp3) is 0.286. The lowest BCUT2D eigenvalue weighted by Crippen LogP contribution is -2.46. The van der Waals surface area contributed by atoms with E-state index in [2.05, 4.69) is 30.9 Å². The zero-order valence-corrected chi connectivity index (χ0v) is 22.6. The van der Waals surface area contributed by atoms with Gasteiger partial charge in [0.1, 0.15) is 0 Å². The van der Waals surface area contributed by atoms with E-state index in [0.29, 0.717) is 48.8 Å². The molecule has 2 amide bonds. The number of halogens is 1. The van der Waals surface area contributed by atoms with E-state index in [1.165, 1.54) is 10.9 Å². The summed E-state index contributed by atoms with van der Waals surface area (Å²) >= 11 is 0. The van der Waals surface area contributed by atoms with Gasteiger partial charge < -0.3 is 15.5 Å². The maximum Gasteiger partial charge on any atom is 0.317 e. The number of nitrogens with zero attached hydrogens (tertiary/aromatic N) is 7. The number of piperidine rings is 1. The number of pyridine rings is 1. The van der Waals surface area contributed by atoms with Crippen LogP contribution in [0.4, 0.5) is 20.8 Å². The lowest BCUT2D eigenvalue weighted by atomic mass is 10.0. The molecule has 0 radical (unpaired) electrons. The first-order valence-electron chi connectivity index (χ1n) is 13.4. The number of aromatic nitrogens is 7. The van der Waals surface area contributed by atoms with Crippen LogP contribution in [0, 0.1) is 12.7 Å². The molecule has 1 aromatic carbocycles. The van der Waals surface area contributed by atoms with Crippen LogP contribution in [-0.2, 0) is 0 Å². The van der Waals surface area contributed by atoms with Gasteiger partial charge in [-0.1, -0.05) is 24.3 Å². The summed E-state index contributed by atoms with van der Waals surface area (Å²) < 4.78 is 16.1. The SMILES string of the molecule is Cc1cc(Nc2nn(C3CCN(C(=O)N[C@@H](C)c4ccc(-n5cc(F)cn5)nc4)CC3)c(=O)c3ccccc23)n[nH]1. The molecule has 0 spiro atoms. The third-order valence-corrected chi connectivity index (χ3v) is 7.27. The number of likely N-dealkylation sites (tertiary alicyclic amines) is 1. The minimum atomic E-state index is -0.442. The fourth-order valence-electron chi connectivity index (χ4n) is 5.04. The van der Waals surface area contributed by atoms with E-state index in [0.717, 1.165) is 22.8 Å². The number of nitrogens with one attached hydrogen (secondary N) is 3. The Morgan fingerprint density at radius 3 is 2.56 bits per heavy atom. The van der Waals surface area contributed by atoms with Crippen molar-refractivity contribution in [3.8, 4) is 5.82 Å². The Balaban J connectivity index is 1.12. The molecule has 5 aromatic rings. The van der Waals surface area contributed by atoms with Crippen molar-refractivity contribution in [2.75, 3.05) is 18.4 Å². The van der Waals surface area contributed by atoms with E-state index in [4.69, 9.17) is 5.10 Å². The third kappa shape index (κ3) is 5.38. The number of carbonyl (C=O) groups excluding carboxylic acids is 1. The molecule has 5 heterocycles. The largest absolute Gasteiger partial charge is 0.331 e. The smallest absolute Gasteiger partial charge is 0.317 e. The molecule has 0 unspecified atom stereocenters. The quantitative estimate of drug-likeness (QED) is 0.287. The summed E-state index contributed by atoms with van der Waals surface area (Å²) in [5, 5.41) is 23.3. The number of benzene rings is 1. The molecular formula is C28H29FN10O2. The van der Waals surface area contributed by atoms with E-state index in [1.807, 2.05) is 44.2 Å². The molecule has 0 saturated carbocycles. The molecule has 1 aliphatic heterocycles. The fourth-order valence-corrected chi connectivity index (χ4v) is 5.04. The highest BCUT2D eigenvalue weighted by Crippen LogP contribution is 2.26. The Hall–Kier alpha value is -5.07. The molecule has 210 valence electrons. The molecule has 1 fully saturated rings. The number of aromatic amines is 1. The lowest BCUT2D eigenvalue weighted by molar-refractivity contribution is 0.165. The average molecular weight is 557 g/mol. The maximum atomic E-state index is 13.4. The number of H-pyrrole nitrogens is 1. The van der Waals surface area contributed by atoms with Crippen molar-refractivity contribution in [2.24, 2.45) is 0 Å². The predicted octanol–water partition coefficient (Wildman–Crippen LogP) is 4.00. The van der Waals surface area contributed by atoms with Crippen molar-refractivity contribution >= 4 is 28.4 Å². The summed E-state index contributed by atoms with van der Waals surface area (Å²) in [5.74, 6) is 1.21. The number of hydrogen-bond acceptors (Lipinski definition) is 7.